The summed E-state index contributed by atoms with van der Waals surface area (Å²) in [5.74, 6) is -0.307. The van der Waals surface area contributed by atoms with Crippen molar-refractivity contribution >= 4 is 37.8 Å². The van der Waals surface area contributed by atoms with Crippen LogP contribution in [0.5, 0.6) is 0 Å². The highest BCUT2D eigenvalue weighted by Gasteiger charge is 2.24. The van der Waals surface area contributed by atoms with Gasteiger partial charge >= 0.3 is 5.97 Å². The molecule has 168 valence electrons. The summed E-state index contributed by atoms with van der Waals surface area (Å²) in [6.07, 6.45) is 3.14. The molecule has 2 unspecified atom stereocenters. The lowest BCUT2D eigenvalue weighted by Gasteiger charge is -2.32. The number of hydrogen-bond donors (Lipinski definition) is 2. The molecule has 2 N–H and O–H groups in total. The van der Waals surface area contributed by atoms with Crippen LogP contribution in [0, 0.1) is 13.8 Å². The third kappa shape index (κ3) is 6.50. The minimum atomic E-state index is -1.08. The van der Waals surface area contributed by atoms with Gasteiger partial charge in [0.05, 0.1) is 21.2 Å². The molecule has 31 heavy (non-hydrogen) atoms. The zero-order chi connectivity index (χ0) is 23.0. The van der Waals surface area contributed by atoms with Crippen LogP contribution in [0.2, 0.25) is 0 Å². The fraction of sp³-hybridized carbons (Fsp3) is 0.391. The first kappa shape index (κ1) is 24.8. The van der Waals surface area contributed by atoms with Crippen molar-refractivity contribution in [1.29, 1.82) is 0 Å². The smallest absolute Gasteiger partial charge is 0.323 e. The van der Waals surface area contributed by atoms with Gasteiger partial charge in [0.25, 0.3) is 0 Å². The number of aryl methyl sites for hydroxylation is 2. The molecular weight excluding hydrogens is 413 g/mol. The third-order valence-electron chi connectivity index (χ3n) is 4.78. The van der Waals surface area contributed by atoms with Crippen molar-refractivity contribution in [2.45, 2.75) is 33.7 Å². The Morgan fingerprint density at radius 1 is 1.32 bits per heavy atom. The first-order valence-corrected chi connectivity index (χ1v) is 11.7. The largest absolute Gasteiger partial charge is 0.465 e. The molecule has 0 fully saturated rings. The van der Waals surface area contributed by atoms with Crippen LogP contribution in [-0.4, -0.2) is 50.4 Å². The van der Waals surface area contributed by atoms with Crippen LogP contribution in [-0.2, 0) is 19.1 Å². The van der Waals surface area contributed by atoms with E-state index in [4.69, 9.17) is 9.47 Å². The lowest BCUT2D eigenvalue weighted by atomic mass is 10.0. The Morgan fingerprint density at radius 2 is 2.03 bits per heavy atom. The van der Waals surface area contributed by atoms with Gasteiger partial charge in [-0.3, -0.25) is 14.7 Å². The zero-order valence-corrected chi connectivity index (χ0v) is 20.0. The minimum absolute atomic E-state index is 0.307. The van der Waals surface area contributed by atoms with E-state index in [1.807, 2.05) is 62.0 Å². The number of para-hydroxylation sites is 1. The normalized spacial score (nSPS) is 13.5. The topological polar surface area (TPSA) is 83.7 Å². The molecule has 0 radical (unpaired) electrons. The zero-order valence-electron chi connectivity index (χ0n) is 19.1. The molecule has 0 spiro atoms. The molecule has 0 saturated carbocycles. The quantitative estimate of drug-likeness (QED) is 0.233. The van der Waals surface area contributed by atoms with Crippen molar-refractivity contribution in [2.24, 2.45) is 0 Å². The molecule has 0 amide bonds. The molecule has 1 heterocycles. The molecule has 0 aliphatic heterocycles. The summed E-state index contributed by atoms with van der Waals surface area (Å²) in [7, 11) is 2.48. The Morgan fingerprint density at radius 3 is 2.61 bits per heavy atom. The number of aromatic nitrogens is 1. The third-order valence-corrected chi connectivity index (χ3v) is 6.90. The van der Waals surface area contributed by atoms with Crippen LogP contribution < -0.4 is 9.76 Å². The Balaban J connectivity index is 2.39. The summed E-state index contributed by atoms with van der Waals surface area (Å²) in [5, 5.41) is 3.32. The average Bonchev–Trinajstić information content (AvgIpc) is 3.07. The van der Waals surface area contributed by atoms with E-state index < -0.39 is 14.3 Å². The SMILES string of the molecule is CCOC(=O)C(C)NP(COC)N(C)c1ccccc1/C(C=O)=C/c1[nH]c(C)cc1C. The number of nitrogens with zero attached hydrogens (tertiary/aromatic N) is 1. The van der Waals surface area contributed by atoms with Gasteiger partial charge in [0, 0.05) is 42.4 Å². The number of esters is 1. The summed E-state index contributed by atoms with van der Waals surface area (Å²) in [6.45, 7) is 7.88. The molecule has 7 nitrogen and oxygen atoms in total. The standard InChI is InChI=1S/C23H32N3O4P/c1-7-30-23(28)18(4)25-31(15-29-6)26(5)22-11-9-8-10-20(22)19(14-27)13-21-16(2)12-17(3)24-21/h8-14,18,24-25H,7,15H2,1-6H3/b19-13+. The number of ether oxygens (including phenoxy) is 2. The number of benzene rings is 1. The van der Waals surface area contributed by atoms with E-state index in [0.29, 0.717) is 18.5 Å². The number of carbonyl (C=O) groups excluding carboxylic acids is 2. The van der Waals surface area contributed by atoms with Crippen LogP contribution in [0.1, 0.15) is 36.4 Å². The van der Waals surface area contributed by atoms with E-state index in [1.165, 1.54) is 0 Å². The van der Waals surface area contributed by atoms with E-state index in [9.17, 15) is 9.59 Å². The van der Waals surface area contributed by atoms with Crippen LogP contribution in [0.25, 0.3) is 11.6 Å². The molecule has 2 atom stereocenters. The fourth-order valence-corrected chi connectivity index (χ4v) is 4.89. The number of methoxy groups -OCH3 is 1. The van der Waals surface area contributed by atoms with Crippen molar-refractivity contribution in [3.8, 4) is 0 Å². The van der Waals surface area contributed by atoms with Gasteiger partial charge in [-0.05, 0) is 51.5 Å². The van der Waals surface area contributed by atoms with Crippen LogP contribution in [0.4, 0.5) is 5.69 Å². The van der Waals surface area contributed by atoms with Gasteiger partial charge in [-0.25, -0.2) is 0 Å². The van der Waals surface area contributed by atoms with E-state index in [0.717, 1.165) is 34.5 Å². The maximum absolute atomic E-state index is 12.1. The predicted octanol–water partition coefficient (Wildman–Crippen LogP) is 4.26. The number of allylic oxidation sites excluding steroid dienone is 1. The Labute approximate surface area is 185 Å². The van der Waals surface area contributed by atoms with Gasteiger partial charge < -0.3 is 19.1 Å². The van der Waals surface area contributed by atoms with E-state index in [2.05, 4.69) is 10.1 Å². The first-order valence-electron chi connectivity index (χ1n) is 10.2. The number of carbonyl (C=O) groups is 2. The second-order valence-electron chi connectivity index (χ2n) is 7.23. The molecule has 2 rings (SSSR count). The number of hydrogen-bond acceptors (Lipinski definition) is 6. The number of nitrogens with one attached hydrogen (secondary N) is 2. The highest BCUT2D eigenvalue weighted by molar-refractivity contribution is 7.57. The first-order chi connectivity index (χ1) is 14.8. The molecule has 1 aromatic heterocycles. The number of anilines is 1. The summed E-state index contributed by atoms with van der Waals surface area (Å²) in [5.41, 5.74) is 5.27. The summed E-state index contributed by atoms with van der Waals surface area (Å²) < 4.78 is 12.6. The second kappa shape index (κ2) is 11.8. The van der Waals surface area contributed by atoms with Crippen molar-refractivity contribution in [3.05, 3.63) is 52.8 Å². The molecule has 0 bridgehead atoms. The molecule has 0 aliphatic rings. The van der Waals surface area contributed by atoms with Crippen LogP contribution in [0.3, 0.4) is 0 Å². The van der Waals surface area contributed by atoms with E-state index in [-0.39, 0.29) is 5.97 Å². The summed E-state index contributed by atoms with van der Waals surface area (Å²) >= 11 is 0. The number of H-pyrrole nitrogens is 1. The van der Waals surface area contributed by atoms with Gasteiger partial charge in [-0.2, -0.15) is 0 Å². The molecule has 0 saturated heterocycles. The molecule has 8 heteroatoms. The highest BCUT2D eigenvalue weighted by atomic mass is 31.1. The van der Waals surface area contributed by atoms with Crippen molar-refractivity contribution in [2.75, 3.05) is 31.8 Å². The second-order valence-corrected chi connectivity index (χ2v) is 9.14. The number of aldehydes is 1. The molecule has 0 aliphatic carbocycles. The van der Waals surface area contributed by atoms with Crippen LogP contribution >= 0.6 is 8.22 Å². The maximum Gasteiger partial charge on any atom is 0.323 e. The summed E-state index contributed by atoms with van der Waals surface area (Å²) in [4.78, 5) is 27.4. The Hall–Kier alpha value is -2.47. The van der Waals surface area contributed by atoms with Crippen LogP contribution in [0.15, 0.2) is 30.3 Å². The number of rotatable bonds is 11. The highest BCUT2D eigenvalue weighted by Crippen LogP contribution is 2.42. The Kier molecular flexibility index (Phi) is 9.44. The van der Waals surface area contributed by atoms with Crippen molar-refractivity contribution in [3.63, 3.8) is 0 Å². The monoisotopic (exact) mass is 445 g/mol. The molecular formula is C23H32N3O4P. The van der Waals surface area contributed by atoms with Gasteiger partial charge in [0.1, 0.15) is 6.04 Å². The fourth-order valence-electron chi connectivity index (χ4n) is 3.24. The van der Waals surface area contributed by atoms with Crippen molar-refractivity contribution in [1.82, 2.24) is 10.1 Å². The molecule has 1 aromatic carbocycles. The van der Waals surface area contributed by atoms with Gasteiger partial charge in [0.15, 0.2) is 6.29 Å². The Bertz CT molecular complexity index is 925. The minimum Gasteiger partial charge on any atom is -0.465 e. The number of aromatic amines is 1. The molecule has 2 aromatic rings. The maximum atomic E-state index is 12.1. The van der Waals surface area contributed by atoms with E-state index >= 15 is 0 Å². The van der Waals surface area contributed by atoms with Gasteiger partial charge in [-0.15, -0.1) is 0 Å². The predicted molar refractivity (Wildman–Crippen MR) is 127 cm³/mol. The lowest BCUT2D eigenvalue weighted by Crippen LogP contribution is -2.36. The average molecular weight is 446 g/mol. The van der Waals surface area contributed by atoms with Gasteiger partial charge in [0.2, 0.25) is 0 Å². The van der Waals surface area contributed by atoms with Crippen molar-refractivity contribution < 1.29 is 19.1 Å². The van der Waals surface area contributed by atoms with Gasteiger partial charge in [-0.1, -0.05) is 18.2 Å². The van der Waals surface area contributed by atoms with E-state index in [1.54, 1.807) is 21.0 Å². The lowest BCUT2D eigenvalue weighted by molar-refractivity contribution is -0.144. The summed E-state index contributed by atoms with van der Waals surface area (Å²) in [6, 6.07) is 9.28.